The molecule has 9 heteroatoms. The fourth-order valence-electron chi connectivity index (χ4n) is 2.06. The smallest absolute Gasteiger partial charge is 0.269 e. The zero-order valence-corrected chi connectivity index (χ0v) is 15.1. The van der Waals surface area contributed by atoms with Crippen molar-refractivity contribution in [2.45, 2.75) is 31.2 Å². The summed E-state index contributed by atoms with van der Waals surface area (Å²) >= 11 is 0. The molecule has 0 aromatic heterocycles. The number of rotatable bonds is 7. The molecule has 8 nitrogen and oxygen atoms in total. The summed E-state index contributed by atoms with van der Waals surface area (Å²) in [6.07, 6.45) is 0.804. The molecular formula is C17H19N3O5S. The Balaban J connectivity index is 2.12. The van der Waals surface area contributed by atoms with E-state index in [1.165, 1.54) is 24.3 Å². The zero-order valence-electron chi connectivity index (χ0n) is 14.3. The Hall–Kier alpha value is -2.94. The molecule has 26 heavy (non-hydrogen) atoms. The molecule has 1 unspecified atom stereocenters. The second-order valence-corrected chi connectivity index (χ2v) is 7.40. The van der Waals surface area contributed by atoms with E-state index in [2.05, 4.69) is 10.0 Å². The molecule has 2 aromatic rings. The van der Waals surface area contributed by atoms with Gasteiger partial charge in [-0.2, -0.15) is 0 Å². The van der Waals surface area contributed by atoms with Crippen molar-refractivity contribution in [1.29, 1.82) is 0 Å². The summed E-state index contributed by atoms with van der Waals surface area (Å²) in [6, 6.07) is 10.6. The minimum absolute atomic E-state index is 0.0443. The van der Waals surface area contributed by atoms with Crippen LogP contribution in [0, 0.1) is 10.1 Å². The number of benzene rings is 2. The third-order valence-corrected chi connectivity index (χ3v) is 5.14. The summed E-state index contributed by atoms with van der Waals surface area (Å²) in [5.41, 5.74) is 0.507. The Morgan fingerprint density at radius 2 is 1.69 bits per heavy atom. The van der Waals surface area contributed by atoms with Gasteiger partial charge in [-0.3, -0.25) is 19.6 Å². The first-order valence-corrected chi connectivity index (χ1v) is 9.39. The number of anilines is 1. The summed E-state index contributed by atoms with van der Waals surface area (Å²) in [6.45, 7) is 3.85. The van der Waals surface area contributed by atoms with Crippen molar-refractivity contribution >= 4 is 27.3 Å². The SMILES string of the molecule is CCC(C)NC(=O)c1ccc(NS(=O)(=O)c2ccc([N+](=O)[O-])cc2)cc1. The molecule has 0 aliphatic heterocycles. The molecule has 2 N–H and O–H groups in total. The van der Waals surface area contributed by atoms with Gasteiger partial charge < -0.3 is 5.32 Å². The monoisotopic (exact) mass is 377 g/mol. The zero-order chi connectivity index (χ0) is 19.3. The number of sulfonamides is 1. The third kappa shape index (κ3) is 4.79. The van der Waals surface area contributed by atoms with E-state index in [0.717, 1.165) is 30.7 Å². The molecule has 2 aromatic carbocycles. The number of non-ortho nitro benzene ring substituents is 1. The minimum Gasteiger partial charge on any atom is -0.350 e. The van der Waals surface area contributed by atoms with Gasteiger partial charge in [0.1, 0.15) is 0 Å². The third-order valence-electron chi connectivity index (χ3n) is 3.75. The van der Waals surface area contributed by atoms with Crippen LogP contribution >= 0.6 is 0 Å². The average molecular weight is 377 g/mol. The van der Waals surface area contributed by atoms with E-state index in [4.69, 9.17) is 0 Å². The van der Waals surface area contributed by atoms with Crippen LogP contribution in [0.1, 0.15) is 30.6 Å². The highest BCUT2D eigenvalue weighted by molar-refractivity contribution is 7.92. The maximum Gasteiger partial charge on any atom is 0.269 e. The van der Waals surface area contributed by atoms with Gasteiger partial charge in [0.05, 0.1) is 9.82 Å². The summed E-state index contributed by atoms with van der Waals surface area (Å²) in [5.74, 6) is -0.232. The summed E-state index contributed by atoms with van der Waals surface area (Å²) < 4.78 is 27.0. The van der Waals surface area contributed by atoms with Crippen molar-refractivity contribution in [3.05, 3.63) is 64.2 Å². The Kier molecular flexibility index (Phi) is 5.93. The van der Waals surface area contributed by atoms with Crippen LogP contribution in [0.5, 0.6) is 0 Å². The summed E-state index contributed by atoms with van der Waals surface area (Å²) in [5, 5.41) is 13.5. The van der Waals surface area contributed by atoms with E-state index in [0.29, 0.717) is 5.56 Å². The molecule has 0 aliphatic carbocycles. The van der Waals surface area contributed by atoms with Gasteiger partial charge in [0.15, 0.2) is 0 Å². The lowest BCUT2D eigenvalue weighted by atomic mass is 10.1. The second-order valence-electron chi connectivity index (χ2n) is 5.72. The van der Waals surface area contributed by atoms with Crippen molar-refractivity contribution in [3.8, 4) is 0 Å². The van der Waals surface area contributed by atoms with Gasteiger partial charge >= 0.3 is 0 Å². The van der Waals surface area contributed by atoms with Crippen molar-refractivity contribution in [2.75, 3.05) is 4.72 Å². The van der Waals surface area contributed by atoms with Gasteiger partial charge in [-0.25, -0.2) is 8.42 Å². The molecule has 0 fully saturated rings. The topological polar surface area (TPSA) is 118 Å². The number of hydrogen-bond acceptors (Lipinski definition) is 5. The van der Waals surface area contributed by atoms with E-state index in [1.54, 1.807) is 0 Å². The lowest BCUT2D eigenvalue weighted by Crippen LogP contribution is -2.31. The van der Waals surface area contributed by atoms with Gasteiger partial charge in [0, 0.05) is 29.4 Å². The van der Waals surface area contributed by atoms with E-state index >= 15 is 0 Å². The largest absolute Gasteiger partial charge is 0.350 e. The van der Waals surface area contributed by atoms with E-state index < -0.39 is 14.9 Å². The molecule has 0 spiro atoms. The van der Waals surface area contributed by atoms with Crippen molar-refractivity contribution in [2.24, 2.45) is 0 Å². The molecule has 2 rings (SSSR count). The molecule has 0 bridgehead atoms. The maximum atomic E-state index is 12.3. The molecular weight excluding hydrogens is 358 g/mol. The van der Waals surface area contributed by atoms with Crippen LogP contribution in [-0.4, -0.2) is 25.3 Å². The molecule has 1 amide bonds. The number of nitrogens with one attached hydrogen (secondary N) is 2. The standard InChI is InChI=1S/C17H19N3O5S/c1-3-12(2)18-17(21)13-4-6-14(7-5-13)19-26(24,25)16-10-8-15(9-11-16)20(22)23/h4-12,19H,3H2,1-2H3,(H,18,21). The maximum absolute atomic E-state index is 12.3. The molecule has 0 heterocycles. The van der Waals surface area contributed by atoms with Crippen LogP contribution in [0.25, 0.3) is 0 Å². The van der Waals surface area contributed by atoms with Crippen LogP contribution < -0.4 is 10.0 Å². The normalized spacial score (nSPS) is 12.2. The number of amides is 1. The van der Waals surface area contributed by atoms with Gasteiger partial charge in [-0.15, -0.1) is 0 Å². The highest BCUT2D eigenvalue weighted by atomic mass is 32.2. The molecule has 1 atom stereocenters. The highest BCUT2D eigenvalue weighted by Crippen LogP contribution is 2.19. The van der Waals surface area contributed by atoms with E-state index in [9.17, 15) is 23.3 Å². The first kappa shape index (κ1) is 19.4. The quantitative estimate of drug-likeness (QED) is 0.568. The van der Waals surface area contributed by atoms with Crippen LogP contribution in [0.3, 0.4) is 0 Å². The Morgan fingerprint density at radius 3 is 2.19 bits per heavy atom. The van der Waals surface area contributed by atoms with Gasteiger partial charge in [0.2, 0.25) is 0 Å². The molecule has 0 radical (unpaired) electrons. The van der Waals surface area contributed by atoms with Crippen LogP contribution in [0.2, 0.25) is 0 Å². The fraction of sp³-hybridized carbons (Fsp3) is 0.235. The lowest BCUT2D eigenvalue weighted by molar-refractivity contribution is -0.384. The Bertz CT molecular complexity index is 893. The first-order valence-electron chi connectivity index (χ1n) is 7.91. The number of nitro benzene ring substituents is 1. The number of hydrogen-bond donors (Lipinski definition) is 2. The molecule has 0 saturated carbocycles. The van der Waals surface area contributed by atoms with Crippen molar-refractivity contribution < 1.29 is 18.1 Å². The highest BCUT2D eigenvalue weighted by Gasteiger charge is 2.16. The van der Waals surface area contributed by atoms with Gasteiger partial charge in [-0.1, -0.05) is 6.92 Å². The predicted octanol–water partition coefficient (Wildman–Crippen LogP) is 2.92. The van der Waals surface area contributed by atoms with Crippen LogP contribution in [0.4, 0.5) is 11.4 Å². The number of nitrogens with zero attached hydrogens (tertiary/aromatic N) is 1. The summed E-state index contributed by atoms with van der Waals surface area (Å²) in [4.78, 5) is 21.9. The molecule has 0 saturated heterocycles. The lowest BCUT2D eigenvalue weighted by Gasteiger charge is -2.12. The van der Waals surface area contributed by atoms with E-state index in [-0.39, 0.29) is 28.2 Å². The van der Waals surface area contributed by atoms with Gasteiger partial charge in [-0.05, 0) is 49.7 Å². The van der Waals surface area contributed by atoms with E-state index in [1.807, 2.05) is 13.8 Å². The number of nitro groups is 1. The number of carbonyl (C=O) groups is 1. The minimum atomic E-state index is -3.88. The molecule has 0 aliphatic rings. The average Bonchev–Trinajstić information content (AvgIpc) is 2.61. The van der Waals surface area contributed by atoms with Gasteiger partial charge in [0.25, 0.3) is 21.6 Å². The van der Waals surface area contributed by atoms with Crippen LogP contribution in [-0.2, 0) is 10.0 Å². The Labute approximate surface area is 151 Å². The molecule has 138 valence electrons. The fourth-order valence-corrected chi connectivity index (χ4v) is 3.12. The Morgan fingerprint density at radius 1 is 1.12 bits per heavy atom. The second kappa shape index (κ2) is 7.96. The predicted molar refractivity (Wildman–Crippen MR) is 97.6 cm³/mol. The number of carbonyl (C=O) groups excluding carboxylic acids is 1. The van der Waals surface area contributed by atoms with Crippen LogP contribution in [0.15, 0.2) is 53.4 Å². The van der Waals surface area contributed by atoms with Crippen molar-refractivity contribution in [1.82, 2.24) is 5.32 Å². The first-order chi connectivity index (χ1) is 12.2. The van der Waals surface area contributed by atoms with Crippen molar-refractivity contribution in [3.63, 3.8) is 0 Å². The summed E-state index contributed by atoms with van der Waals surface area (Å²) in [7, 11) is -3.88.